The van der Waals surface area contributed by atoms with Crippen LogP contribution in [0.5, 0.6) is 0 Å². The van der Waals surface area contributed by atoms with E-state index in [0.29, 0.717) is 19.0 Å². The molecule has 0 heterocycles. The van der Waals surface area contributed by atoms with Gasteiger partial charge in [-0.3, -0.25) is 0 Å². The molecule has 0 bridgehead atoms. The van der Waals surface area contributed by atoms with Gasteiger partial charge in [-0.05, 0) is 12.0 Å². The number of alkyl halides is 1. The van der Waals surface area contributed by atoms with Gasteiger partial charge in [-0.25, -0.2) is 4.79 Å². The lowest BCUT2D eigenvalue weighted by Crippen LogP contribution is -2.28. The second kappa shape index (κ2) is 7.12. The van der Waals surface area contributed by atoms with Crippen LogP contribution in [0.4, 0.5) is 4.79 Å². The molecule has 1 amide bonds. The van der Waals surface area contributed by atoms with E-state index >= 15 is 0 Å². The van der Waals surface area contributed by atoms with Crippen molar-refractivity contribution in [2.45, 2.75) is 13.0 Å². The average Bonchev–Trinajstić information content (AvgIpc) is 2.34. The van der Waals surface area contributed by atoms with Crippen molar-refractivity contribution >= 4 is 17.7 Å². The lowest BCUT2D eigenvalue weighted by Gasteiger charge is -2.16. The average molecular weight is 242 g/mol. The fourth-order valence-corrected chi connectivity index (χ4v) is 1.34. The van der Waals surface area contributed by atoms with Gasteiger partial charge in [-0.15, -0.1) is 11.6 Å². The van der Waals surface area contributed by atoms with Crippen molar-refractivity contribution in [3.63, 3.8) is 0 Å². The van der Waals surface area contributed by atoms with Gasteiger partial charge in [0, 0.05) is 19.5 Å². The molecule has 0 fully saturated rings. The van der Waals surface area contributed by atoms with Crippen molar-refractivity contribution in [3.8, 4) is 0 Å². The van der Waals surface area contributed by atoms with E-state index in [1.54, 1.807) is 7.05 Å². The second-order valence-electron chi connectivity index (χ2n) is 3.50. The van der Waals surface area contributed by atoms with E-state index in [-0.39, 0.29) is 6.09 Å². The Labute approximate surface area is 101 Å². The SMILES string of the molecule is CN(CCCCl)C(=O)OCc1ccccc1. The van der Waals surface area contributed by atoms with Crippen molar-refractivity contribution in [2.24, 2.45) is 0 Å². The number of halogens is 1. The highest BCUT2D eigenvalue weighted by Gasteiger charge is 2.08. The maximum atomic E-state index is 11.5. The lowest BCUT2D eigenvalue weighted by atomic mass is 10.2. The highest BCUT2D eigenvalue weighted by atomic mass is 35.5. The molecule has 0 spiro atoms. The number of rotatable bonds is 5. The third-order valence-corrected chi connectivity index (χ3v) is 2.41. The molecule has 1 rings (SSSR count). The minimum absolute atomic E-state index is 0.310. The number of carbonyl (C=O) groups excluding carboxylic acids is 1. The predicted octanol–water partition coefficient (Wildman–Crippen LogP) is 2.88. The van der Waals surface area contributed by atoms with E-state index in [1.807, 2.05) is 30.3 Å². The molecule has 3 nitrogen and oxygen atoms in total. The number of hydrogen-bond donors (Lipinski definition) is 0. The van der Waals surface area contributed by atoms with Crippen molar-refractivity contribution < 1.29 is 9.53 Å². The maximum Gasteiger partial charge on any atom is 0.409 e. The Balaban J connectivity index is 2.29. The van der Waals surface area contributed by atoms with Crippen LogP contribution >= 0.6 is 11.6 Å². The summed E-state index contributed by atoms with van der Waals surface area (Å²) < 4.78 is 5.13. The van der Waals surface area contributed by atoms with E-state index in [2.05, 4.69) is 0 Å². The van der Waals surface area contributed by atoms with Crippen LogP contribution < -0.4 is 0 Å². The summed E-state index contributed by atoms with van der Waals surface area (Å²) in [5.74, 6) is 0.552. The molecule has 0 N–H and O–H groups in total. The lowest BCUT2D eigenvalue weighted by molar-refractivity contribution is 0.105. The van der Waals surface area contributed by atoms with Crippen LogP contribution in [-0.4, -0.2) is 30.5 Å². The van der Waals surface area contributed by atoms with Crippen LogP contribution in [0.1, 0.15) is 12.0 Å². The van der Waals surface area contributed by atoms with Gasteiger partial charge < -0.3 is 9.64 Å². The summed E-state index contributed by atoms with van der Waals surface area (Å²) in [7, 11) is 1.71. The molecular formula is C12H16ClNO2. The van der Waals surface area contributed by atoms with E-state index in [9.17, 15) is 4.79 Å². The zero-order valence-electron chi connectivity index (χ0n) is 9.36. The molecule has 16 heavy (non-hydrogen) atoms. The first-order valence-corrected chi connectivity index (χ1v) is 5.75. The van der Waals surface area contributed by atoms with Gasteiger partial charge in [0.15, 0.2) is 0 Å². The molecule has 0 unspecified atom stereocenters. The van der Waals surface area contributed by atoms with E-state index < -0.39 is 0 Å². The van der Waals surface area contributed by atoms with Gasteiger partial charge in [-0.1, -0.05) is 30.3 Å². The predicted molar refractivity (Wildman–Crippen MR) is 64.6 cm³/mol. The summed E-state index contributed by atoms with van der Waals surface area (Å²) in [4.78, 5) is 13.0. The first kappa shape index (κ1) is 12.8. The molecule has 1 aromatic carbocycles. The summed E-state index contributed by atoms with van der Waals surface area (Å²) in [5, 5.41) is 0. The first-order chi connectivity index (χ1) is 7.74. The highest BCUT2D eigenvalue weighted by molar-refractivity contribution is 6.17. The van der Waals surface area contributed by atoms with Crippen LogP contribution in [0.3, 0.4) is 0 Å². The van der Waals surface area contributed by atoms with Crippen LogP contribution in [-0.2, 0) is 11.3 Å². The summed E-state index contributed by atoms with van der Waals surface area (Å²) in [6.45, 7) is 0.933. The molecular weight excluding hydrogens is 226 g/mol. The van der Waals surface area contributed by atoms with Crippen molar-refractivity contribution in [2.75, 3.05) is 19.5 Å². The molecule has 0 aliphatic rings. The molecule has 88 valence electrons. The smallest absolute Gasteiger partial charge is 0.409 e. The summed E-state index contributed by atoms with van der Waals surface area (Å²) >= 11 is 5.54. The Bertz CT molecular complexity index is 316. The van der Waals surface area contributed by atoms with Crippen molar-refractivity contribution in [1.29, 1.82) is 0 Å². The second-order valence-corrected chi connectivity index (χ2v) is 3.88. The number of benzene rings is 1. The Morgan fingerprint density at radius 1 is 1.38 bits per heavy atom. The Kier molecular flexibility index (Phi) is 5.72. The molecule has 0 aliphatic carbocycles. The Morgan fingerprint density at radius 3 is 2.69 bits per heavy atom. The number of carbonyl (C=O) groups is 1. The third kappa shape index (κ3) is 4.53. The standard InChI is InChI=1S/C12H16ClNO2/c1-14(9-5-8-13)12(15)16-10-11-6-3-2-4-7-11/h2-4,6-7H,5,8-10H2,1H3. The molecule has 0 saturated heterocycles. The van der Waals surface area contributed by atoms with Gasteiger partial charge in [0.05, 0.1) is 0 Å². The zero-order valence-corrected chi connectivity index (χ0v) is 10.1. The van der Waals surface area contributed by atoms with Crippen molar-refractivity contribution in [1.82, 2.24) is 4.90 Å². The number of ether oxygens (including phenoxy) is 1. The molecule has 0 aromatic heterocycles. The monoisotopic (exact) mass is 241 g/mol. The summed E-state index contributed by atoms with van der Waals surface area (Å²) in [5.41, 5.74) is 0.988. The van der Waals surface area contributed by atoms with Crippen LogP contribution in [0.15, 0.2) is 30.3 Å². The van der Waals surface area contributed by atoms with Gasteiger partial charge in [0.25, 0.3) is 0 Å². The maximum absolute atomic E-state index is 11.5. The van der Waals surface area contributed by atoms with Crippen LogP contribution in [0.2, 0.25) is 0 Å². The molecule has 4 heteroatoms. The van der Waals surface area contributed by atoms with E-state index in [0.717, 1.165) is 12.0 Å². The number of nitrogens with zero attached hydrogens (tertiary/aromatic N) is 1. The van der Waals surface area contributed by atoms with E-state index in [1.165, 1.54) is 4.90 Å². The zero-order chi connectivity index (χ0) is 11.8. The molecule has 0 saturated carbocycles. The normalized spacial score (nSPS) is 9.88. The van der Waals surface area contributed by atoms with Gasteiger partial charge in [0.2, 0.25) is 0 Å². The first-order valence-electron chi connectivity index (χ1n) is 5.22. The Morgan fingerprint density at radius 2 is 2.06 bits per heavy atom. The fourth-order valence-electron chi connectivity index (χ4n) is 1.22. The van der Waals surface area contributed by atoms with Crippen LogP contribution in [0.25, 0.3) is 0 Å². The minimum Gasteiger partial charge on any atom is -0.445 e. The van der Waals surface area contributed by atoms with E-state index in [4.69, 9.17) is 16.3 Å². The molecule has 0 radical (unpaired) electrons. The molecule has 1 aromatic rings. The van der Waals surface area contributed by atoms with Gasteiger partial charge in [0.1, 0.15) is 6.61 Å². The molecule has 0 aliphatic heterocycles. The molecule has 0 atom stereocenters. The topological polar surface area (TPSA) is 29.5 Å². The van der Waals surface area contributed by atoms with Gasteiger partial charge in [-0.2, -0.15) is 0 Å². The fraction of sp³-hybridized carbons (Fsp3) is 0.417. The third-order valence-electron chi connectivity index (χ3n) is 2.14. The van der Waals surface area contributed by atoms with Crippen molar-refractivity contribution in [3.05, 3.63) is 35.9 Å². The Hall–Kier alpha value is -1.22. The van der Waals surface area contributed by atoms with Crippen LogP contribution in [0, 0.1) is 0 Å². The summed E-state index contributed by atoms with van der Waals surface area (Å²) in [6, 6.07) is 9.61. The van der Waals surface area contributed by atoms with Gasteiger partial charge >= 0.3 is 6.09 Å². The largest absolute Gasteiger partial charge is 0.445 e. The minimum atomic E-state index is -0.311. The highest BCUT2D eigenvalue weighted by Crippen LogP contribution is 2.02. The number of amides is 1. The summed E-state index contributed by atoms with van der Waals surface area (Å²) in [6.07, 6.45) is 0.465. The quantitative estimate of drug-likeness (QED) is 0.742. The number of hydrogen-bond acceptors (Lipinski definition) is 2.